The van der Waals surface area contributed by atoms with E-state index in [1.54, 1.807) is 0 Å². The second-order valence-electron chi connectivity index (χ2n) is 7.05. The highest BCUT2D eigenvalue weighted by molar-refractivity contribution is 6.30. The molecule has 1 aliphatic heterocycles. The van der Waals surface area contributed by atoms with Crippen LogP contribution in [0.3, 0.4) is 0 Å². The van der Waals surface area contributed by atoms with E-state index in [2.05, 4.69) is 17.9 Å². The first-order valence-corrected chi connectivity index (χ1v) is 8.84. The molecule has 2 saturated carbocycles. The number of benzene rings is 1. The predicted molar refractivity (Wildman–Crippen MR) is 89.4 cm³/mol. The van der Waals surface area contributed by atoms with Crippen molar-refractivity contribution in [2.45, 2.75) is 57.0 Å². The summed E-state index contributed by atoms with van der Waals surface area (Å²) < 4.78 is 0. The molecule has 1 atom stereocenters. The Kier molecular flexibility index (Phi) is 3.19. The average Bonchev–Trinajstić information content (AvgIpc) is 3.37. The van der Waals surface area contributed by atoms with Crippen LogP contribution in [0.2, 0.25) is 5.02 Å². The van der Waals surface area contributed by atoms with Gasteiger partial charge < -0.3 is 4.90 Å². The fourth-order valence-electron chi connectivity index (χ4n) is 4.35. The molecule has 4 rings (SSSR count). The summed E-state index contributed by atoms with van der Waals surface area (Å²) in [5.41, 5.74) is 2.20. The van der Waals surface area contributed by atoms with Crippen molar-refractivity contribution in [1.82, 2.24) is 4.90 Å². The summed E-state index contributed by atoms with van der Waals surface area (Å²) >= 11 is 6.33. The van der Waals surface area contributed by atoms with Crippen LogP contribution in [0.4, 0.5) is 10.5 Å². The molecule has 4 heteroatoms. The second-order valence-corrected chi connectivity index (χ2v) is 7.49. The quantitative estimate of drug-likeness (QED) is 0.783. The normalized spacial score (nSPS) is 28.0. The van der Waals surface area contributed by atoms with Gasteiger partial charge in [-0.3, -0.25) is 4.90 Å². The SMILES string of the molecule is CCCC1(C2CC2)c2cc(Cl)ccc2N(C)C(=O)N1C1CC1. The van der Waals surface area contributed by atoms with Crippen molar-refractivity contribution >= 4 is 23.3 Å². The molecule has 2 amide bonds. The first-order valence-electron chi connectivity index (χ1n) is 8.46. The Hall–Kier alpha value is -1.22. The van der Waals surface area contributed by atoms with E-state index in [-0.39, 0.29) is 11.6 Å². The maximum atomic E-state index is 13.1. The van der Waals surface area contributed by atoms with Gasteiger partial charge in [0.05, 0.1) is 11.2 Å². The Morgan fingerprint density at radius 3 is 2.59 bits per heavy atom. The molecule has 2 fully saturated rings. The van der Waals surface area contributed by atoms with Gasteiger partial charge >= 0.3 is 6.03 Å². The van der Waals surface area contributed by atoms with Crippen molar-refractivity contribution in [2.24, 2.45) is 5.92 Å². The summed E-state index contributed by atoms with van der Waals surface area (Å²) in [6.45, 7) is 2.22. The zero-order valence-corrected chi connectivity index (χ0v) is 14.1. The topological polar surface area (TPSA) is 23.6 Å². The van der Waals surface area contributed by atoms with Crippen molar-refractivity contribution in [3.63, 3.8) is 0 Å². The maximum Gasteiger partial charge on any atom is 0.325 e. The number of amides is 2. The molecule has 1 aromatic carbocycles. The van der Waals surface area contributed by atoms with Crippen molar-refractivity contribution in [3.05, 3.63) is 28.8 Å². The minimum Gasteiger partial charge on any atom is -0.311 e. The molecular weight excluding hydrogens is 296 g/mol. The number of fused-ring (bicyclic) bond motifs is 1. The van der Waals surface area contributed by atoms with Crippen molar-refractivity contribution in [1.29, 1.82) is 0 Å². The Morgan fingerprint density at radius 1 is 1.27 bits per heavy atom. The first kappa shape index (κ1) is 14.4. The highest BCUT2D eigenvalue weighted by atomic mass is 35.5. The van der Waals surface area contributed by atoms with Gasteiger partial charge in [-0.25, -0.2) is 4.79 Å². The lowest BCUT2D eigenvalue weighted by Crippen LogP contribution is -2.60. The van der Waals surface area contributed by atoms with Crippen LogP contribution in [0.1, 0.15) is 51.0 Å². The number of hydrogen-bond donors (Lipinski definition) is 0. The van der Waals surface area contributed by atoms with Crippen LogP contribution in [0.15, 0.2) is 18.2 Å². The fraction of sp³-hybridized carbons (Fsp3) is 0.611. The van der Waals surface area contributed by atoms with E-state index >= 15 is 0 Å². The number of urea groups is 1. The maximum absolute atomic E-state index is 13.1. The molecular formula is C18H23ClN2O. The second kappa shape index (κ2) is 4.89. The van der Waals surface area contributed by atoms with Crippen LogP contribution in [0, 0.1) is 5.92 Å². The number of nitrogens with zero attached hydrogens (tertiary/aromatic N) is 2. The minimum atomic E-state index is -0.125. The number of carbonyl (C=O) groups is 1. The van der Waals surface area contributed by atoms with E-state index in [1.807, 2.05) is 24.1 Å². The van der Waals surface area contributed by atoms with Gasteiger partial charge in [0, 0.05) is 23.7 Å². The Balaban J connectivity index is 1.95. The van der Waals surface area contributed by atoms with E-state index in [9.17, 15) is 4.79 Å². The molecule has 0 spiro atoms. The Labute approximate surface area is 137 Å². The van der Waals surface area contributed by atoms with Crippen LogP contribution in [0.5, 0.6) is 0 Å². The summed E-state index contributed by atoms with van der Waals surface area (Å²) in [5, 5.41) is 0.776. The van der Waals surface area contributed by atoms with Gasteiger partial charge in [-0.05, 0) is 56.2 Å². The molecule has 0 radical (unpaired) electrons. The van der Waals surface area contributed by atoms with Gasteiger partial charge in [-0.1, -0.05) is 24.9 Å². The summed E-state index contributed by atoms with van der Waals surface area (Å²) in [6.07, 6.45) is 6.88. The third-order valence-electron chi connectivity index (χ3n) is 5.51. The van der Waals surface area contributed by atoms with Crippen molar-refractivity contribution < 1.29 is 4.79 Å². The van der Waals surface area contributed by atoms with E-state index in [0.717, 1.165) is 36.4 Å². The standard InChI is InChI=1S/C18H23ClN2O/c1-3-10-18(12-4-5-12)15-11-13(19)6-9-16(15)20(2)17(22)21(18)14-7-8-14/h6,9,11-12,14H,3-5,7-8,10H2,1-2H3. The van der Waals surface area contributed by atoms with Crippen LogP contribution in [-0.4, -0.2) is 24.0 Å². The molecule has 1 heterocycles. The molecule has 3 aliphatic rings. The Bertz CT molecular complexity index is 624. The monoisotopic (exact) mass is 318 g/mol. The van der Waals surface area contributed by atoms with E-state index < -0.39 is 0 Å². The fourth-order valence-corrected chi connectivity index (χ4v) is 4.52. The molecule has 0 N–H and O–H groups in total. The van der Waals surface area contributed by atoms with Crippen molar-refractivity contribution in [3.8, 4) is 0 Å². The first-order chi connectivity index (χ1) is 10.6. The van der Waals surface area contributed by atoms with Crippen LogP contribution in [0.25, 0.3) is 0 Å². The van der Waals surface area contributed by atoms with E-state index in [4.69, 9.17) is 11.6 Å². The average molecular weight is 319 g/mol. The summed E-state index contributed by atoms with van der Waals surface area (Å²) in [4.78, 5) is 17.1. The van der Waals surface area contributed by atoms with Crippen LogP contribution < -0.4 is 4.90 Å². The third kappa shape index (κ3) is 1.91. The van der Waals surface area contributed by atoms with Gasteiger partial charge in [0.1, 0.15) is 0 Å². The number of carbonyl (C=O) groups excluding carboxylic acids is 1. The zero-order valence-electron chi connectivity index (χ0n) is 13.3. The zero-order chi connectivity index (χ0) is 15.5. The highest BCUT2D eigenvalue weighted by Crippen LogP contribution is 2.59. The van der Waals surface area contributed by atoms with Crippen LogP contribution >= 0.6 is 11.6 Å². The van der Waals surface area contributed by atoms with E-state index in [0.29, 0.717) is 12.0 Å². The molecule has 0 aromatic heterocycles. The van der Waals surface area contributed by atoms with Crippen molar-refractivity contribution in [2.75, 3.05) is 11.9 Å². The van der Waals surface area contributed by atoms with Gasteiger partial charge in [0.25, 0.3) is 0 Å². The molecule has 1 unspecified atom stereocenters. The minimum absolute atomic E-state index is 0.125. The highest BCUT2D eigenvalue weighted by Gasteiger charge is 2.59. The third-order valence-corrected chi connectivity index (χ3v) is 5.74. The lowest BCUT2D eigenvalue weighted by atomic mass is 9.76. The van der Waals surface area contributed by atoms with E-state index in [1.165, 1.54) is 18.4 Å². The largest absolute Gasteiger partial charge is 0.325 e. The lowest BCUT2D eigenvalue weighted by Gasteiger charge is -2.51. The summed E-state index contributed by atoms with van der Waals surface area (Å²) in [5.74, 6) is 0.600. The molecule has 3 nitrogen and oxygen atoms in total. The molecule has 118 valence electrons. The molecule has 22 heavy (non-hydrogen) atoms. The van der Waals surface area contributed by atoms with Gasteiger partial charge in [0.15, 0.2) is 0 Å². The van der Waals surface area contributed by atoms with Gasteiger partial charge in [0.2, 0.25) is 0 Å². The van der Waals surface area contributed by atoms with Crippen LogP contribution in [-0.2, 0) is 5.54 Å². The lowest BCUT2D eigenvalue weighted by molar-refractivity contribution is 0.0739. The molecule has 0 bridgehead atoms. The summed E-state index contributed by atoms with van der Waals surface area (Å²) in [7, 11) is 1.90. The number of anilines is 1. The number of halogens is 1. The molecule has 0 saturated heterocycles. The van der Waals surface area contributed by atoms with Gasteiger partial charge in [-0.15, -0.1) is 0 Å². The van der Waals surface area contributed by atoms with Gasteiger partial charge in [-0.2, -0.15) is 0 Å². The number of hydrogen-bond acceptors (Lipinski definition) is 1. The smallest absolute Gasteiger partial charge is 0.311 e. The summed E-state index contributed by atoms with van der Waals surface area (Å²) in [6, 6.07) is 6.64. The predicted octanol–water partition coefficient (Wildman–Crippen LogP) is 4.78. The number of rotatable bonds is 4. The Morgan fingerprint density at radius 2 is 2.00 bits per heavy atom. The molecule has 1 aromatic rings. The molecule has 2 aliphatic carbocycles.